The van der Waals surface area contributed by atoms with Gasteiger partial charge in [0.25, 0.3) is 0 Å². The number of fused-ring (bicyclic) bond motifs is 10. The highest BCUT2D eigenvalue weighted by Crippen LogP contribution is 2.56. The van der Waals surface area contributed by atoms with Gasteiger partial charge in [-0.2, -0.15) is 0 Å². The van der Waals surface area contributed by atoms with E-state index in [0.717, 1.165) is 5.69 Å². The molecule has 12 aromatic rings. The molecule has 0 bridgehead atoms. The molecular formula is C79H57NS. The summed E-state index contributed by atoms with van der Waals surface area (Å²) < 4.78 is 2.48. The van der Waals surface area contributed by atoms with Gasteiger partial charge in [0.15, 0.2) is 0 Å². The molecule has 0 amide bonds. The average molecular weight is 1050 g/mol. The van der Waals surface area contributed by atoms with Crippen molar-refractivity contribution in [2.45, 2.75) is 35.8 Å². The molecule has 0 N–H and O–H groups in total. The molecule has 2 heteroatoms. The first-order valence-corrected chi connectivity index (χ1v) is 29.6. The van der Waals surface area contributed by atoms with E-state index in [0.29, 0.717) is 0 Å². The third-order valence-corrected chi connectivity index (χ3v) is 19.7. The van der Waals surface area contributed by atoms with Crippen LogP contribution in [0.15, 0.2) is 290 Å². The number of nitrogens with zero attached hydrogens (tertiary/aromatic N) is 1. The fourth-order valence-corrected chi connectivity index (χ4v) is 16.2. The fourth-order valence-electron chi connectivity index (χ4n) is 14.7. The predicted molar refractivity (Wildman–Crippen MR) is 344 cm³/mol. The summed E-state index contributed by atoms with van der Waals surface area (Å²) in [6, 6.07) is 88.6. The summed E-state index contributed by atoms with van der Waals surface area (Å²) in [5.74, 6) is 0.843. The van der Waals surface area contributed by atoms with Gasteiger partial charge in [-0.1, -0.05) is 256 Å². The second-order valence-electron chi connectivity index (χ2n) is 22.4. The van der Waals surface area contributed by atoms with Crippen molar-refractivity contribution in [3.8, 4) is 39.1 Å². The van der Waals surface area contributed by atoms with E-state index in [1.54, 1.807) is 0 Å². The van der Waals surface area contributed by atoms with Crippen molar-refractivity contribution < 1.29 is 0 Å². The van der Waals surface area contributed by atoms with E-state index in [1.165, 1.54) is 137 Å². The molecule has 5 atom stereocenters. The van der Waals surface area contributed by atoms with Gasteiger partial charge in [0.1, 0.15) is 0 Å². The van der Waals surface area contributed by atoms with Gasteiger partial charge in [0, 0.05) is 55.8 Å². The average Bonchev–Trinajstić information content (AvgIpc) is 4.19. The highest BCUT2D eigenvalue weighted by atomic mass is 32.2. The van der Waals surface area contributed by atoms with E-state index in [-0.39, 0.29) is 28.9 Å². The normalized spacial score (nSPS) is 18.3. The Morgan fingerprint density at radius 3 is 1.74 bits per heavy atom. The van der Waals surface area contributed by atoms with Crippen molar-refractivity contribution in [3.63, 3.8) is 0 Å². The highest BCUT2D eigenvalue weighted by molar-refractivity contribution is 8.00. The number of allylic oxidation sites excluding steroid dienone is 7. The zero-order valence-electron chi connectivity index (χ0n) is 45.3. The minimum absolute atomic E-state index is 0.177. The number of benzene rings is 11. The van der Waals surface area contributed by atoms with Crippen molar-refractivity contribution >= 4 is 66.3 Å². The molecule has 2 heterocycles. The molecule has 1 aliphatic heterocycles. The first-order chi connectivity index (χ1) is 40.1. The van der Waals surface area contributed by atoms with E-state index in [2.05, 4.69) is 309 Å². The Bertz CT molecular complexity index is 4780. The Morgan fingerprint density at radius 1 is 0.432 bits per heavy atom. The van der Waals surface area contributed by atoms with Gasteiger partial charge in [0.2, 0.25) is 0 Å². The number of hydrogen-bond donors (Lipinski definition) is 0. The molecule has 0 saturated heterocycles. The van der Waals surface area contributed by atoms with E-state index >= 15 is 0 Å². The first-order valence-electron chi connectivity index (χ1n) is 28.7. The molecule has 384 valence electrons. The molecule has 0 fully saturated rings. The molecular weight excluding hydrogens is 995 g/mol. The van der Waals surface area contributed by atoms with E-state index in [4.69, 9.17) is 0 Å². The van der Waals surface area contributed by atoms with Crippen LogP contribution in [0.5, 0.6) is 0 Å². The van der Waals surface area contributed by atoms with Gasteiger partial charge in [-0.3, -0.25) is 0 Å². The lowest BCUT2D eigenvalue weighted by atomic mass is 9.67. The van der Waals surface area contributed by atoms with Gasteiger partial charge in [-0.25, -0.2) is 0 Å². The van der Waals surface area contributed by atoms with Gasteiger partial charge in [0.05, 0.1) is 11.0 Å². The molecule has 11 aromatic carbocycles. The van der Waals surface area contributed by atoms with Crippen LogP contribution >= 0.6 is 11.8 Å². The molecule has 5 unspecified atom stereocenters. The lowest BCUT2D eigenvalue weighted by Gasteiger charge is -2.37. The Morgan fingerprint density at radius 2 is 0.988 bits per heavy atom. The molecule has 1 aromatic heterocycles. The zero-order chi connectivity index (χ0) is 53.7. The maximum Gasteiger partial charge on any atom is 0.0619 e. The quantitative estimate of drug-likeness (QED) is 0.137. The van der Waals surface area contributed by atoms with Crippen LogP contribution in [0.3, 0.4) is 0 Å². The van der Waals surface area contributed by atoms with Crippen LogP contribution in [0.4, 0.5) is 0 Å². The third-order valence-electron chi connectivity index (χ3n) is 18.3. The van der Waals surface area contributed by atoms with Gasteiger partial charge >= 0.3 is 0 Å². The maximum atomic E-state index is 2.55. The van der Waals surface area contributed by atoms with E-state index in [9.17, 15) is 0 Å². The minimum atomic E-state index is 0.177. The summed E-state index contributed by atoms with van der Waals surface area (Å²) >= 11 is 2.06. The molecule has 0 saturated carbocycles. The standard InChI is InChI=1S/C79H57NS/c1-49(51-24-5-3-6-25-51)54-28-9-10-29-57(54)55-39-21-40-56(50(55)2)75-63-35-15-17-37-65(63)77(66-38-18-16-36-64(66)75)70-44-23-42-68-71-48-52(46-47-73(71)81-79(68)70)74-59-31-11-13-33-61(59)76(62-34-14-12-32-60(62)74)69-43-22-41-67-58-30-19-20-45-72(58)80(78(67)69)53-26-7-4-8-27-53/h3-49,63,65,68,79H,1-2H3. The van der Waals surface area contributed by atoms with Crippen LogP contribution in [0.2, 0.25) is 0 Å². The Labute approximate surface area is 477 Å². The van der Waals surface area contributed by atoms with Crippen molar-refractivity contribution in [3.05, 3.63) is 323 Å². The summed E-state index contributed by atoms with van der Waals surface area (Å²) in [5, 5.41) is 10.5. The third kappa shape index (κ3) is 7.47. The largest absolute Gasteiger partial charge is 0.309 e. The molecule has 81 heavy (non-hydrogen) atoms. The Hall–Kier alpha value is -9.21. The summed E-state index contributed by atoms with van der Waals surface area (Å²) in [6.07, 6.45) is 16.8. The molecule has 0 radical (unpaired) electrons. The predicted octanol–water partition coefficient (Wildman–Crippen LogP) is 19.0. The second kappa shape index (κ2) is 19.3. The van der Waals surface area contributed by atoms with Crippen molar-refractivity contribution in [2.75, 3.05) is 0 Å². The fraction of sp³-hybridized carbons (Fsp3) is 0.0886. The first kappa shape index (κ1) is 47.8. The highest BCUT2D eigenvalue weighted by Gasteiger charge is 2.41. The van der Waals surface area contributed by atoms with E-state index < -0.39 is 0 Å². The molecule has 3 aliphatic carbocycles. The van der Waals surface area contributed by atoms with Gasteiger partial charge < -0.3 is 4.57 Å². The minimum Gasteiger partial charge on any atom is -0.309 e. The molecule has 0 spiro atoms. The van der Waals surface area contributed by atoms with Crippen LogP contribution in [-0.4, -0.2) is 9.82 Å². The Balaban J connectivity index is 0.824. The number of para-hydroxylation sites is 3. The van der Waals surface area contributed by atoms with Crippen LogP contribution < -0.4 is 10.4 Å². The SMILES string of the molecule is Cc1c(C2=c3ccccc3=C(C3=CC=CC4c5cc(-c6c7ccccc7c(-c7cccc8c9ccccc9n(-c9ccccc9)c78)c7ccccc67)ccc5SC34)C3C=CC=CC23)cccc1-c1ccccc1C(C)c1ccccc1. The van der Waals surface area contributed by atoms with Crippen molar-refractivity contribution in [2.24, 2.45) is 11.8 Å². The lowest BCUT2D eigenvalue weighted by molar-refractivity contribution is 0.677. The molecule has 4 aliphatic rings. The zero-order valence-corrected chi connectivity index (χ0v) is 46.1. The number of hydrogen-bond acceptors (Lipinski definition) is 1. The van der Waals surface area contributed by atoms with Crippen molar-refractivity contribution in [1.29, 1.82) is 0 Å². The smallest absolute Gasteiger partial charge is 0.0619 e. The van der Waals surface area contributed by atoms with Crippen molar-refractivity contribution in [1.82, 2.24) is 4.57 Å². The van der Waals surface area contributed by atoms with Gasteiger partial charge in [-0.15, -0.1) is 11.8 Å². The van der Waals surface area contributed by atoms with Crippen LogP contribution in [0.25, 0.3) is 93.6 Å². The van der Waals surface area contributed by atoms with Crippen LogP contribution in [0, 0.1) is 18.8 Å². The number of aromatic nitrogens is 1. The van der Waals surface area contributed by atoms with Crippen LogP contribution in [-0.2, 0) is 0 Å². The summed E-state index contributed by atoms with van der Waals surface area (Å²) in [6.45, 7) is 4.70. The Kier molecular flexibility index (Phi) is 11.4. The number of thioether (sulfide) groups is 1. The summed E-state index contributed by atoms with van der Waals surface area (Å²) in [7, 11) is 0. The molecule has 1 nitrogen and oxygen atoms in total. The monoisotopic (exact) mass is 1050 g/mol. The summed E-state index contributed by atoms with van der Waals surface area (Å²) in [5.41, 5.74) is 22.4. The maximum absolute atomic E-state index is 2.55. The van der Waals surface area contributed by atoms with E-state index in [1.807, 2.05) is 0 Å². The van der Waals surface area contributed by atoms with Gasteiger partial charge in [-0.05, 0) is 142 Å². The number of rotatable bonds is 8. The molecule has 16 rings (SSSR count). The summed E-state index contributed by atoms with van der Waals surface area (Å²) in [4.78, 5) is 1.37. The topological polar surface area (TPSA) is 4.93 Å². The van der Waals surface area contributed by atoms with Crippen LogP contribution in [0.1, 0.15) is 46.6 Å². The lowest BCUT2D eigenvalue weighted by Crippen LogP contribution is -2.41. The second-order valence-corrected chi connectivity index (χ2v) is 23.6.